The fourth-order valence-corrected chi connectivity index (χ4v) is 1.06. The molecule has 0 aliphatic rings. The van der Waals surface area contributed by atoms with Gasteiger partial charge in [0.2, 0.25) is 0 Å². The highest BCUT2D eigenvalue weighted by molar-refractivity contribution is 5.75. The van der Waals surface area contributed by atoms with E-state index in [0.29, 0.717) is 6.42 Å². The van der Waals surface area contributed by atoms with Gasteiger partial charge in [-0.2, -0.15) is 0 Å². The highest BCUT2D eigenvalue weighted by atomic mass is 16.3. The third-order valence-corrected chi connectivity index (χ3v) is 1.66. The molecule has 11 heavy (non-hydrogen) atoms. The van der Waals surface area contributed by atoms with Crippen molar-refractivity contribution in [1.29, 1.82) is 0 Å². The van der Waals surface area contributed by atoms with E-state index in [-0.39, 0.29) is 5.78 Å². The lowest BCUT2D eigenvalue weighted by Gasteiger charge is -2.06. The first kappa shape index (κ1) is 10.6. The van der Waals surface area contributed by atoms with E-state index in [2.05, 4.69) is 6.92 Å². The predicted molar refractivity (Wildman–Crippen MR) is 45.4 cm³/mol. The molecular formula is C9H18O2. The SMILES string of the molecule is CCCCCC(O)CC(C)=O. The molecule has 0 amide bonds. The number of unbranched alkanes of at least 4 members (excludes halogenated alkanes) is 2. The van der Waals surface area contributed by atoms with Crippen LogP contribution < -0.4 is 0 Å². The van der Waals surface area contributed by atoms with Gasteiger partial charge in [0.15, 0.2) is 0 Å². The molecule has 2 nitrogen and oxygen atoms in total. The number of rotatable bonds is 6. The second-order valence-electron chi connectivity index (χ2n) is 3.06. The van der Waals surface area contributed by atoms with E-state index in [1.807, 2.05) is 0 Å². The van der Waals surface area contributed by atoms with Gasteiger partial charge in [0, 0.05) is 6.42 Å². The summed E-state index contributed by atoms with van der Waals surface area (Å²) >= 11 is 0. The summed E-state index contributed by atoms with van der Waals surface area (Å²) in [6, 6.07) is 0. The molecule has 0 radical (unpaired) electrons. The summed E-state index contributed by atoms with van der Waals surface area (Å²) in [5.74, 6) is 0.0778. The Morgan fingerprint density at radius 2 is 2.09 bits per heavy atom. The van der Waals surface area contributed by atoms with E-state index >= 15 is 0 Å². The minimum absolute atomic E-state index is 0.0778. The molecule has 1 N–H and O–H groups in total. The van der Waals surface area contributed by atoms with Gasteiger partial charge in [-0.15, -0.1) is 0 Å². The van der Waals surface area contributed by atoms with Crippen molar-refractivity contribution in [2.75, 3.05) is 0 Å². The summed E-state index contributed by atoms with van der Waals surface area (Å²) in [6.45, 7) is 3.64. The standard InChI is InChI=1S/C9H18O2/c1-3-4-5-6-9(11)7-8(2)10/h9,11H,3-7H2,1-2H3. The van der Waals surface area contributed by atoms with E-state index in [4.69, 9.17) is 0 Å². The van der Waals surface area contributed by atoms with Gasteiger partial charge in [-0.25, -0.2) is 0 Å². The predicted octanol–water partition coefficient (Wildman–Crippen LogP) is 1.91. The largest absolute Gasteiger partial charge is 0.393 e. The van der Waals surface area contributed by atoms with E-state index in [9.17, 15) is 9.90 Å². The molecule has 0 heterocycles. The Morgan fingerprint density at radius 3 is 2.55 bits per heavy atom. The lowest BCUT2D eigenvalue weighted by atomic mass is 10.1. The molecule has 1 unspecified atom stereocenters. The van der Waals surface area contributed by atoms with E-state index in [1.165, 1.54) is 6.92 Å². The molecular weight excluding hydrogens is 140 g/mol. The van der Waals surface area contributed by atoms with Crippen LogP contribution in [0.5, 0.6) is 0 Å². The normalized spacial score (nSPS) is 13.0. The van der Waals surface area contributed by atoms with Crippen LogP contribution in [-0.2, 0) is 4.79 Å². The average molecular weight is 158 g/mol. The molecule has 66 valence electrons. The number of hydrogen-bond acceptors (Lipinski definition) is 2. The number of Topliss-reactive ketones (excluding diaryl/α,β-unsaturated/α-hetero) is 1. The molecule has 1 atom stereocenters. The monoisotopic (exact) mass is 158 g/mol. The Kier molecular flexibility index (Phi) is 6.13. The highest BCUT2D eigenvalue weighted by Gasteiger charge is 2.05. The molecule has 0 aliphatic carbocycles. The number of ketones is 1. The Bertz CT molecular complexity index is 110. The van der Waals surface area contributed by atoms with Crippen LogP contribution in [0.2, 0.25) is 0 Å². The quantitative estimate of drug-likeness (QED) is 0.599. The summed E-state index contributed by atoms with van der Waals surface area (Å²) in [7, 11) is 0. The third-order valence-electron chi connectivity index (χ3n) is 1.66. The maximum atomic E-state index is 10.5. The lowest BCUT2D eigenvalue weighted by Crippen LogP contribution is -2.10. The number of carbonyl (C=O) groups excluding carboxylic acids is 1. The van der Waals surface area contributed by atoms with Gasteiger partial charge in [-0.1, -0.05) is 26.2 Å². The van der Waals surface area contributed by atoms with Crippen molar-refractivity contribution < 1.29 is 9.90 Å². The van der Waals surface area contributed by atoms with E-state index in [0.717, 1.165) is 25.7 Å². The fraction of sp³-hybridized carbons (Fsp3) is 0.889. The topological polar surface area (TPSA) is 37.3 Å². The van der Waals surface area contributed by atoms with E-state index in [1.54, 1.807) is 0 Å². The molecule has 0 fully saturated rings. The maximum Gasteiger partial charge on any atom is 0.132 e. The molecule has 0 aliphatic heterocycles. The Balaban J connectivity index is 3.22. The molecule has 2 heteroatoms. The van der Waals surface area contributed by atoms with Crippen LogP contribution in [0.4, 0.5) is 0 Å². The summed E-state index contributed by atoms with van der Waals surface area (Å²) in [6.07, 6.45) is 4.03. The molecule has 0 spiro atoms. The summed E-state index contributed by atoms with van der Waals surface area (Å²) in [4.78, 5) is 10.5. The zero-order valence-electron chi connectivity index (χ0n) is 7.47. The van der Waals surface area contributed by atoms with Gasteiger partial charge >= 0.3 is 0 Å². The maximum absolute atomic E-state index is 10.5. The van der Waals surface area contributed by atoms with E-state index < -0.39 is 6.10 Å². The van der Waals surface area contributed by atoms with Crippen molar-refractivity contribution in [2.24, 2.45) is 0 Å². The van der Waals surface area contributed by atoms with Gasteiger partial charge < -0.3 is 5.11 Å². The molecule has 0 aromatic rings. The molecule has 0 aromatic carbocycles. The molecule has 0 saturated heterocycles. The number of hydrogen-bond donors (Lipinski definition) is 1. The Labute approximate surface area is 68.6 Å². The van der Waals surface area contributed by atoms with Gasteiger partial charge in [0.05, 0.1) is 6.10 Å². The van der Waals surface area contributed by atoms with Crippen LogP contribution in [0.3, 0.4) is 0 Å². The van der Waals surface area contributed by atoms with Crippen LogP contribution in [0.15, 0.2) is 0 Å². The van der Waals surface area contributed by atoms with Crippen LogP contribution >= 0.6 is 0 Å². The Hall–Kier alpha value is -0.370. The van der Waals surface area contributed by atoms with Crippen molar-refractivity contribution in [1.82, 2.24) is 0 Å². The smallest absolute Gasteiger partial charge is 0.132 e. The fourth-order valence-electron chi connectivity index (χ4n) is 1.06. The van der Waals surface area contributed by atoms with Crippen molar-refractivity contribution in [3.8, 4) is 0 Å². The van der Waals surface area contributed by atoms with Crippen LogP contribution in [0.25, 0.3) is 0 Å². The minimum atomic E-state index is -0.404. The zero-order valence-corrected chi connectivity index (χ0v) is 7.47. The summed E-state index contributed by atoms with van der Waals surface area (Å²) in [5.41, 5.74) is 0. The number of aliphatic hydroxyl groups is 1. The van der Waals surface area contributed by atoms with Gasteiger partial charge in [-0.05, 0) is 13.3 Å². The molecule has 0 bridgehead atoms. The first-order valence-corrected chi connectivity index (χ1v) is 4.34. The Morgan fingerprint density at radius 1 is 1.45 bits per heavy atom. The first-order valence-electron chi connectivity index (χ1n) is 4.34. The van der Waals surface area contributed by atoms with Crippen LogP contribution in [0.1, 0.15) is 46.0 Å². The number of aliphatic hydroxyl groups excluding tert-OH is 1. The van der Waals surface area contributed by atoms with Crippen molar-refractivity contribution >= 4 is 5.78 Å². The third kappa shape index (κ3) is 7.53. The van der Waals surface area contributed by atoms with Gasteiger partial charge in [0.25, 0.3) is 0 Å². The lowest BCUT2D eigenvalue weighted by molar-refractivity contribution is -0.118. The summed E-state index contributed by atoms with van der Waals surface area (Å²) in [5, 5.41) is 9.23. The summed E-state index contributed by atoms with van der Waals surface area (Å²) < 4.78 is 0. The molecule has 0 aromatic heterocycles. The molecule has 0 saturated carbocycles. The second kappa shape index (κ2) is 6.35. The van der Waals surface area contributed by atoms with Gasteiger partial charge in [-0.3, -0.25) is 4.79 Å². The highest BCUT2D eigenvalue weighted by Crippen LogP contribution is 2.06. The van der Waals surface area contributed by atoms with Crippen molar-refractivity contribution in [3.05, 3.63) is 0 Å². The van der Waals surface area contributed by atoms with Crippen LogP contribution in [-0.4, -0.2) is 17.0 Å². The second-order valence-corrected chi connectivity index (χ2v) is 3.06. The molecule has 0 rings (SSSR count). The first-order chi connectivity index (χ1) is 5.16. The average Bonchev–Trinajstić information content (AvgIpc) is 1.86. The number of carbonyl (C=O) groups is 1. The van der Waals surface area contributed by atoms with Crippen molar-refractivity contribution in [3.63, 3.8) is 0 Å². The van der Waals surface area contributed by atoms with Crippen LogP contribution in [0, 0.1) is 0 Å². The van der Waals surface area contributed by atoms with Gasteiger partial charge in [0.1, 0.15) is 5.78 Å². The minimum Gasteiger partial charge on any atom is -0.393 e. The van der Waals surface area contributed by atoms with Crippen molar-refractivity contribution in [2.45, 2.75) is 52.1 Å². The zero-order chi connectivity index (χ0) is 8.69.